The van der Waals surface area contributed by atoms with E-state index in [1.54, 1.807) is 0 Å². The third-order valence-corrected chi connectivity index (χ3v) is 3.10. The summed E-state index contributed by atoms with van der Waals surface area (Å²) >= 11 is 0. The van der Waals surface area contributed by atoms with Crippen molar-refractivity contribution in [2.75, 3.05) is 13.1 Å². The highest BCUT2D eigenvalue weighted by Gasteiger charge is 2.34. The fourth-order valence-electron chi connectivity index (χ4n) is 2.49. The van der Waals surface area contributed by atoms with Crippen LogP contribution < -0.4 is 5.32 Å². The number of hydrogen-bond acceptors (Lipinski definition) is 2. The highest BCUT2D eigenvalue weighted by Crippen LogP contribution is 2.42. The van der Waals surface area contributed by atoms with E-state index in [-0.39, 0.29) is 6.54 Å². The Hall–Kier alpha value is -0.830. The second kappa shape index (κ2) is 3.50. The van der Waals surface area contributed by atoms with Gasteiger partial charge in [0.15, 0.2) is 0 Å². The van der Waals surface area contributed by atoms with Gasteiger partial charge in [0.2, 0.25) is 0 Å². The largest absolute Gasteiger partial charge is 0.480 e. The van der Waals surface area contributed by atoms with Gasteiger partial charge in [-0.1, -0.05) is 12.2 Å². The van der Waals surface area contributed by atoms with E-state index in [9.17, 15) is 4.79 Å². The first-order valence-corrected chi connectivity index (χ1v) is 4.86. The molecule has 2 bridgehead atoms. The molecule has 2 aliphatic rings. The number of carboxylic acid groups (broad SMARTS) is 1. The zero-order chi connectivity index (χ0) is 9.26. The summed E-state index contributed by atoms with van der Waals surface area (Å²) in [4.78, 5) is 10.3. The Labute approximate surface area is 77.8 Å². The van der Waals surface area contributed by atoms with E-state index < -0.39 is 5.97 Å². The van der Waals surface area contributed by atoms with Gasteiger partial charge in [-0.15, -0.1) is 0 Å². The average Bonchev–Trinajstić information content (AvgIpc) is 2.64. The van der Waals surface area contributed by atoms with Crippen LogP contribution >= 0.6 is 0 Å². The predicted octanol–water partition coefficient (Wildman–Crippen LogP) is 0.873. The zero-order valence-corrected chi connectivity index (χ0v) is 7.57. The monoisotopic (exact) mass is 181 g/mol. The molecule has 2 N–H and O–H groups in total. The number of nitrogens with one attached hydrogen (secondary N) is 1. The molecule has 3 unspecified atom stereocenters. The summed E-state index contributed by atoms with van der Waals surface area (Å²) in [6.07, 6.45) is 7.13. The molecule has 13 heavy (non-hydrogen) atoms. The fourth-order valence-corrected chi connectivity index (χ4v) is 2.49. The average molecular weight is 181 g/mol. The molecule has 2 aliphatic carbocycles. The van der Waals surface area contributed by atoms with Gasteiger partial charge in [-0.3, -0.25) is 4.79 Å². The van der Waals surface area contributed by atoms with Crippen molar-refractivity contribution >= 4 is 5.97 Å². The lowest BCUT2D eigenvalue weighted by Gasteiger charge is -2.17. The van der Waals surface area contributed by atoms with Gasteiger partial charge in [0, 0.05) is 0 Å². The highest BCUT2D eigenvalue weighted by molar-refractivity contribution is 5.68. The van der Waals surface area contributed by atoms with Crippen LogP contribution in [0.1, 0.15) is 12.8 Å². The molecule has 3 atom stereocenters. The number of allylic oxidation sites excluding steroid dienone is 2. The van der Waals surface area contributed by atoms with Crippen LogP contribution in [-0.4, -0.2) is 24.2 Å². The summed E-state index contributed by atoms with van der Waals surface area (Å²) in [5.41, 5.74) is 0. The van der Waals surface area contributed by atoms with Gasteiger partial charge in [0.05, 0.1) is 6.54 Å². The maximum Gasteiger partial charge on any atom is 0.317 e. The minimum Gasteiger partial charge on any atom is -0.480 e. The van der Waals surface area contributed by atoms with E-state index in [2.05, 4.69) is 17.5 Å². The number of carboxylic acids is 1. The van der Waals surface area contributed by atoms with Gasteiger partial charge < -0.3 is 10.4 Å². The van der Waals surface area contributed by atoms with Gasteiger partial charge in [-0.05, 0) is 37.1 Å². The van der Waals surface area contributed by atoms with Gasteiger partial charge in [0.1, 0.15) is 0 Å². The van der Waals surface area contributed by atoms with Crippen molar-refractivity contribution in [1.29, 1.82) is 0 Å². The van der Waals surface area contributed by atoms with Crippen LogP contribution in [0, 0.1) is 17.8 Å². The SMILES string of the molecule is O=C(O)CNCC1CC2C=CC1C2. The van der Waals surface area contributed by atoms with Gasteiger partial charge >= 0.3 is 5.97 Å². The van der Waals surface area contributed by atoms with Crippen LogP contribution in [0.4, 0.5) is 0 Å². The second-order valence-corrected chi connectivity index (χ2v) is 4.06. The van der Waals surface area contributed by atoms with Crippen molar-refractivity contribution in [3.8, 4) is 0 Å². The molecule has 0 aromatic heterocycles. The third-order valence-electron chi connectivity index (χ3n) is 3.10. The second-order valence-electron chi connectivity index (χ2n) is 4.06. The van der Waals surface area contributed by atoms with Crippen LogP contribution in [0.5, 0.6) is 0 Å². The molecule has 0 amide bonds. The number of rotatable bonds is 4. The van der Waals surface area contributed by atoms with Crippen LogP contribution in [-0.2, 0) is 4.79 Å². The van der Waals surface area contributed by atoms with E-state index in [1.807, 2.05) is 0 Å². The molecule has 1 fully saturated rings. The van der Waals surface area contributed by atoms with Crippen molar-refractivity contribution in [2.24, 2.45) is 17.8 Å². The van der Waals surface area contributed by atoms with E-state index in [1.165, 1.54) is 12.8 Å². The van der Waals surface area contributed by atoms with Crippen LogP contribution in [0.2, 0.25) is 0 Å². The smallest absolute Gasteiger partial charge is 0.317 e. The van der Waals surface area contributed by atoms with Gasteiger partial charge in [-0.2, -0.15) is 0 Å². The molecular weight excluding hydrogens is 166 g/mol. The Bertz CT molecular complexity index is 237. The Morgan fingerprint density at radius 3 is 2.85 bits per heavy atom. The van der Waals surface area contributed by atoms with Gasteiger partial charge in [0.25, 0.3) is 0 Å². The van der Waals surface area contributed by atoms with Crippen molar-refractivity contribution < 1.29 is 9.90 Å². The molecule has 0 radical (unpaired) electrons. The fraction of sp³-hybridized carbons (Fsp3) is 0.700. The molecule has 3 heteroatoms. The maximum atomic E-state index is 10.3. The summed E-state index contributed by atoms with van der Waals surface area (Å²) in [5, 5.41) is 11.4. The van der Waals surface area contributed by atoms with E-state index in [0.717, 1.165) is 12.5 Å². The molecule has 0 aliphatic heterocycles. The summed E-state index contributed by atoms with van der Waals surface area (Å²) in [5.74, 6) is 1.40. The van der Waals surface area contributed by atoms with Crippen LogP contribution in [0.25, 0.3) is 0 Å². The lowest BCUT2D eigenvalue weighted by molar-refractivity contribution is -0.136. The molecule has 1 saturated carbocycles. The Balaban J connectivity index is 1.72. The molecule has 0 saturated heterocycles. The summed E-state index contributed by atoms with van der Waals surface area (Å²) in [7, 11) is 0. The molecule has 3 nitrogen and oxygen atoms in total. The quantitative estimate of drug-likeness (QED) is 0.633. The van der Waals surface area contributed by atoms with Crippen molar-refractivity contribution in [3.63, 3.8) is 0 Å². The highest BCUT2D eigenvalue weighted by atomic mass is 16.4. The number of carbonyl (C=O) groups is 1. The minimum absolute atomic E-state index is 0.0948. The van der Waals surface area contributed by atoms with E-state index >= 15 is 0 Å². The van der Waals surface area contributed by atoms with Crippen molar-refractivity contribution in [3.05, 3.63) is 12.2 Å². The number of aliphatic carboxylic acids is 1. The van der Waals surface area contributed by atoms with E-state index in [0.29, 0.717) is 11.8 Å². The molecule has 0 aromatic rings. The lowest BCUT2D eigenvalue weighted by Crippen LogP contribution is -2.29. The minimum atomic E-state index is -0.765. The molecule has 2 rings (SSSR count). The molecule has 0 heterocycles. The zero-order valence-electron chi connectivity index (χ0n) is 7.57. The summed E-state index contributed by atoms with van der Waals surface area (Å²) < 4.78 is 0. The van der Waals surface area contributed by atoms with Crippen LogP contribution in [0.15, 0.2) is 12.2 Å². The first kappa shape index (κ1) is 8.75. The topological polar surface area (TPSA) is 49.3 Å². The first-order chi connectivity index (χ1) is 6.25. The maximum absolute atomic E-state index is 10.3. The van der Waals surface area contributed by atoms with Crippen molar-refractivity contribution in [1.82, 2.24) is 5.32 Å². The first-order valence-electron chi connectivity index (χ1n) is 4.86. The normalized spacial score (nSPS) is 35.5. The molecule has 0 spiro atoms. The van der Waals surface area contributed by atoms with Crippen LogP contribution in [0.3, 0.4) is 0 Å². The standard InChI is InChI=1S/C10H15NO2/c12-10(13)6-11-5-9-4-7-1-2-8(9)3-7/h1-2,7-9,11H,3-6H2,(H,12,13). The number of hydrogen-bond donors (Lipinski definition) is 2. The van der Waals surface area contributed by atoms with E-state index in [4.69, 9.17) is 5.11 Å². The Morgan fingerprint density at radius 2 is 2.31 bits per heavy atom. The van der Waals surface area contributed by atoms with Gasteiger partial charge in [-0.25, -0.2) is 0 Å². The third kappa shape index (κ3) is 1.91. The summed E-state index contributed by atoms with van der Waals surface area (Å²) in [6.45, 7) is 0.954. The lowest BCUT2D eigenvalue weighted by atomic mass is 9.94. The van der Waals surface area contributed by atoms with Crippen molar-refractivity contribution in [2.45, 2.75) is 12.8 Å². The Morgan fingerprint density at radius 1 is 1.46 bits per heavy atom. The number of fused-ring (bicyclic) bond motifs is 2. The molecule has 72 valence electrons. The molecular formula is C10H15NO2. The summed E-state index contributed by atoms with van der Waals surface area (Å²) in [6, 6.07) is 0. The predicted molar refractivity (Wildman–Crippen MR) is 49.3 cm³/mol. The molecule has 0 aromatic carbocycles. The Kier molecular flexibility index (Phi) is 2.36.